The Morgan fingerprint density at radius 3 is 2.57 bits per heavy atom. The predicted molar refractivity (Wildman–Crippen MR) is 109 cm³/mol. The lowest BCUT2D eigenvalue weighted by Crippen LogP contribution is -2.51. The standard InChI is InChI=1S/C20H22N6O2/c1-14-6-3-4-7-15(14)23-20(28)26-12-10-25(11-13-26)18-19(27)24(2)17-16(22-18)8-5-9-21-17/h3-9H,10-13H2,1-2H3,(H,23,28). The third-order valence-electron chi connectivity index (χ3n) is 5.06. The minimum Gasteiger partial charge on any atom is -0.348 e. The minimum absolute atomic E-state index is 0.127. The van der Waals surface area contributed by atoms with Gasteiger partial charge in [0.25, 0.3) is 5.56 Å². The predicted octanol–water partition coefficient (Wildman–Crippen LogP) is 1.99. The molecular formula is C20H22N6O2. The highest BCUT2D eigenvalue weighted by Gasteiger charge is 2.24. The summed E-state index contributed by atoms with van der Waals surface area (Å²) in [4.78, 5) is 37.7. The summed E-state index contributed by atoms with van der Waals surface area (Å²) >= 11 is 0. The summed E-state index contributed by atoms with van der Waals surface area (Å²) in [5.41, 5.74) is 2.90. The van der Waals surface area contributed by atoms with Crippen LogP contribution in [0.5, 0.6) is 0 Å². The second-order valence-electron chi connectivity index (χ2n) is 6.86. The number of urea groups is 1. The van der Waals surface area contributed by atoms with Gasteiger partial charge in [-0.15, -0.1) is 0 Å². The maximum atomic E-state index is 12.7. The number of para-hydroxylation sites is 1. The van der Waals surface area contributed by atoms with Crippen LogP contribution in [-0.4, -0.2) is 51.6 Å². The number of amides is 2. The van der Waals surface area contributed by atoms with Crippen LogP contribution in [-0.2, 0) is 7.05 Å². The van der Waals surface area contributed by atoms with E-state index in [1.165, 1.54) is 4.57 Å². The topological polar surface area (TPSA) is 83.4 Å². The van der Waals surface area contributed by atoms with Crippen molar-refractivity contribution in [3.63, 3.8) is 0 Å². The molecule has 0 spiro atoms. The summed E-state index contributed by atoms with van der Waals surface area (Å²) in [6.07, 6.45) is 1.65. The van der Waals surface area contributed by atoms with Gasteiger partial charge in [0.15, 0.2) is 11.5 Å². The molecule has 0 radical (unpaired) electrons. The van der Waals surface area contributed by atoms with Gasteiger partial charge in [0.2, 0.25) is 0 Å². The maximum absolute atomic E-state index is 12.7. The van der Waals surface area contributed by atoms with Crippen LogP contribution in [0, 0.1) is 6.92 Å². The SMILES string of the molecule is Cc1ccccc1NC(=O)N1CCN(c2nc3cccnc3n(C)c2=O)CC1. The number of aryl methyl sites for hydroxylation is 2. The Kier molecular flexibility index (Phi) is 4.68. The first-order chi connectivity index (χ1) is 13.5. The quantitative estimate of drug-likeness (QED) is 0.737. The average Bonchev–Trinajstić information content (AvgIpc) is 2.72. The number of rotatable bonds is 2. The van der Waals surface area contributed by atoms with Crippen molar-refractivity contribution in [2.24, 2.45) is 7.05 Å². The molecule has 0 unspecified atom stereocenters. The summed E-state index contributed by atoms with van der Waals surface area (Å²) < 4.78 is 1.52. The first-order valence-corrected chi connectivity index (χ1v) is 9.23. The van der Waals surface area contributed by atoms with Crippen LogP contribution in [0.2, 0.25) is 0 Å². The molecule has 1 aliphatic heterocycles. The summed E-state index contributed by atoms with van der Waals surface area (Å²) in [5, 5.41) is 2.96. The molecule has 3 aromatic rings. The number of hydrogen-bond acceptors (Lipinski definition) is 5. The third-order valence-corrected chi connectivity index (χ3v) is 5.06. The number of carbonyl (C=O) groups is 1. The normalized spacial score (nSPS) is 14.4. The number of nitrogens with zero attached hydrogens (tertiary/aromatic N) is 5. The number of piperazine rings is 1. The summed E-state index contributed by atoms with van der Waals surface area (Å²) in [5.74, 6) is 0.405. The molecule has 8 nitrogen and oxygen atoms in total. The molecule has 1 aromatic carbocycles. The van der Waals surface area contributed by atoms with E-state index in [2.05, 4.69) is 15.3 Å². The van der Waals surface area contributed by atoms with Gasteiger partial charge in [0, 0.05) is 45.1 Å². The second-order valence-corrected chi connectivity index (χ2v) is 6.86. The van der Waals surface area contributed by atoms with Gasteiger partial charge in [-0.1, -0.05) is 18.2 Å². The Morgan fingerprint density at radius 1 is 1.07 bits per heavy atom. The van der Waals surface area contributed by atoms with E-state index in [0.717, 1.165) is 11.3 Å². The van der Waals surface area contributed by atoms with Gasteiger partial charge in [-0.3, -0.25) is 9.36 Å². The highest BCUT2D eigenvalue weighted by Crippen LogP contribution is 2.16. The van der Waals surface area contributed by atoms with Crippen LogP contribution in [0.15, 0.2) is 47.4 Å². The van der Waals surface area contributed by atoms with E-state index in [9.17, 15) is 9.59 Å². The van der Waals surface area contributed by atoms with Crippen molar-refractivity contribution in [1.29, 1.82) is 0 Å². The summed E-state index contributed by atoms with van der Waals surface area (Å²) in [6, 6.07) is 11.2. The molecule has 144 valence electrons. The van der Waals surface area contributed by atoms with E-state index >= 15 is 0 Å². The molecule has 1 fully saturated rings. The van der Waals surface area contributed by atoms with Crippen LogP contribution in [0.4, 0.5) is 16.3 Å². The van der Waals surface area contributed by atoms with E-state index in [-0.39, 0.29) is 11.6 Å². The second kappa shape index (κ2) is 7.30. The number of fused-ring (bicyclic) bond motifs is 1. The molecule has 1 aliphatic rings. The Labute approximate surface area is 162 Å². The molecule has 0 aliphatic carbocycles. The molecule has 1 N–H and O–H groups in total. The monoisotopic (exact) mass is 378 g/mol. The first-order valence-electron chi connectivity index (χ1n) is 9.23. The van der Waals surface area contributed by atoms with Crippen LogP contribution in [0.1, 0.15) is 5.56 Å². The number of aromatic nitrogens is 3. The molecule has 2 amide bonds. The molecule has 3 heterocycles. The highest BCUT2D eigenvalue weighted by atomic mass is 16.2. The molecule has 0 saturated carbocycles. The van der Waals surface area contributed by atoms with Crippen molar-refractivity contribution in [3.05, 3.63) is 58.5 Å². The largest absolute Gasteiger partial charge is 0.348 e. The number of anilines is 2. The molecule has 0 bridgehead atoms. The van der Waals surface area contributed by atoms with E-state index < -0.39 is 0 Å². The van der Waals surface area contributed by atoms with E-state index in [4.69, 9.17) is 0 Å². The fourth-order valence-corrected chi connectivity index (χ4v) is 3.38. The van der Waals surface area contributed by atoms with E-state index in [0.29, 0.717) is 43.2 Å². The summed E-state index contributed by atoms with van der Waals surface area (Å²) in [7, 11) is 1.70. The molecule has 1 saturated heterocycles. The lowest BCUT2D eigenvalue weighted by molar-refractivity contribution is 0.208. The number of carbonyl (C=O) groups excluding carboxylic acids is 1. The third kappa shape index (κ3) is 3.28. The van der Waals surface area contributed by atoms with Gasteiger partial charge in [-0.2, -0.15) is 0 Å². The smallest absolute Gasteiger partial charge is 0.321 e. The van der Waals surface area contributed by atoms with Crippen molar-refractivity contribution < 1.29 is 4.79 Å². The Morgan fingerprint density at radius 2 is 1.82 bits per heavy atom. The van der Waals surface area contributed by atoms with Crippen LogP contribution in [0.25, 0.3) is 11.2 Å². The average molecular weight is 378 g/mol. The zero-order valence-corrected chi connectivity index (χ0v) is 15.9. The molecule has 0 atom stereocenters. The number of nitrogens with one attached hydrogen (secondary N) is 1. The molecule has 8 heteroatoms. The van der Waals surface area contributed by atoms with Crippen LogP contribution < -0.4 is 15.8 Å². The van der Waals surface area contributed by atoms with E-state index in [1.807, 2.05) is 42.2 Å². The Bertz CT molecular complexity index is 1090. The zero-order valence-electron chi connectivity index (χ0n) is 15.9. The van der Waals surface area contributed by atoms with Gasteiger partial charge < -0.3 is 15.1 Å². The van der Waals surface area contributed by atoms with Crippen LogP contribution in [0.3, 0.4) is 0 Å². The zero-order chi connectivity index (χ0) is 19.7. The van der Waals surface area contributed by atoms with Crippen molar-refractivity contribution in [1.82, 2.24) is 19.4 Å². The van der Waals surface area contributed by atoms with Crippen molar-refractivity contribution in [2.75, 3.05) is 36.4 Å². The Hall–Kier alpha value is -3.42. The molecule has 4 rings (SSSR count). The Balaban J connectivity index is 1.48. The van der Waals surface area contributed by atoms with Crippen LogP contribution >= 0.6 is 0 Å². The minimum atomic E-state index is -0.177. The summed E-state index contributed by atoms with van der Waals surface area (Å²) in [6.45, 7) is 4.11. The molecule has 2 aromatic heterocycles. The number of benzene rings is 1. The van der Waals surface area contributed by atoms with Gasteiger partial charge in [0.05, 0.1) is 0 Å². The van der Waals surface area contributed by atoms with Gasteiger partial charge >= 0.3 is 6.03 Å². The fraction of sp³-hybridized carbons (Fsp3) is 0.300. The lowest BCUT2D eigenvalue weighted by Gasteiger charge is -2.35. The van der Waals surface area contributed by atoms with Gasteiger partial charge in [-0.05, 0) is 30.7 Å². The first kappa shape index (κ1) is 18.0. The van der Waals surface area contributed by atoms with Crippen molar-refractivity contribution in [3.8, 4) is 0 Å². The molecular weight excluding hydrogens is 356 g/mol. The maximum Gasteiger partial charge on any atom is 0.321 e. The van der Waals surface area contributed by atoms with Gasteiger partial charge in [0.1, 0.15) is 5.52 Å². The van der Waals surface area contributed by atoms with Gasteiger partial charge in [-0.25, -0.2) is 14.8 Å². The van der Waals surface area contributed by atoms with E-state index in [1.54, 1.807) is 24.2 Å². The highest BCUT2D eigenvalue weighted by molar-refractivity contribution is 5.90. The fourth-order valence-electron chi connectivity index (χ4n) is 3.38. The number of pyridine rings is 1. The molecule has 28 heavy (non-hydrogen) atoms. The van der Waals surface area contributed by atoms with Crippen molar-refractivity contribution >= 4 is 28.7 Å². The van der Waals surface area contributed by atoms with Crippen molar-refractivity contribution in [2.45, 2.75) is 6.92 Å². The lowest BCUT2D eigenvalue weighted by atomic mass is 10.2. The number of hydrogen-bond donors (Lipinski definition) is 1.